The number of hydrogen-bond acceptors (Lipinski definition) is 4. The van der Waals surface area contributed by atoms with Crippen LogP contribution in [0.25, 0.3) is 10.8 Å². The molecule has 21 heavy (non-hydrogen) atoms. The van der Waals surface area contributed by atoms with Gasteiger partial charge >= 0.3 is 0 Å². The van der Waals surface area contributed by atoms with E-state index in [2.05, 4.69) is 11.1 Å². The lowest BCUT2D eigenvalue weighted by Gasteiger charge is -2.36. The number of benzene rings is 1. The first kappa shape index (κ1) is 16.0. The van der Waals surface area contributed by atoms with Crippen LogP contribution in [0.5, 0.6) is 5.75 Å². The average molecular weight is 308 g/mol. The van der Waals surface area contributed by atoms with Crippen molar-refractivity contribution >= 4 is 23.2 Å². The molecular formula is C16H22ClN3O. The van der Waals surface area contributed by atoms with Gasteiger partial charge in [0.25, 0.3) is 0 Å². The Balaban J connectivity index is 0.00000161. The minimum Gasteiger partial charge on any atom is -0.497 e. The molecule has 3 rings (SSSR count). The van der Waals surface area contributed by atoms with Gasteiger partial charge in [-0.1, -0.05) is 0 Å². The lowest BCUT2D eigenvalue weighted by atomic mass is 9.77. The van der Waals surface area contributed by atoms with Gasteiger partial charge in [-0.25, -0.2) is 0 Å². The first-order chi connectivity index (χ1) is 9.62. The summed E-state index contributed by atoms with van der Waals surface area (Å²) in [4.78, 5) is 4.58. The summed E-state index contributed by atoms with van der Waals surface area (Å²) in [5.74, 6) is 0.853. The van der Waals surface area contributed by atoms with E-state index in [0.717, 1.165) is 47.9 Å². The van der Waals surface area contributed by atoms with E-state index in [1.54, 1.807) is 7.11 Å². The molecule has 2 aromatic rings. The molecule has 1 aliphatic carbocycles. The van der Waals surface area contributed by atoms with Crippen molar-refractivity contribution in [1.29, 1.82) is 0 Å². The molecule has 0 radical (unpaired) electrons. The van der Waals surface area contributed by atoms with Crippen LogP contribution in [-0.4, -0.2) is 18.1 Å². The van der Waals surface area contributed by atoms with E-state index in [9.17, 15) is 0 Å². The van der Waals surface area contributed by atoms with Crippen LogP contribution in [0.3, 0.4) is 0 Å². The van der Waals surface area contributed by atoms with E-state index < -0.39 is 0 Å². The van der Waals surface area contributed by atoms with Crippen molar-refractivity contribution in [2.75, 3.05) is 7.11 Å². The third kappa shape index (κ3) is 2.98. The first-order valence-corrected chi connectivity index (χ1v) is 7.10. The Labute approximate surface area is 131 Å². The van der Waals surface area contributed by atoms with E-state index in [1.807, 2.05) is 24.4 Å². The number of ether oxygens (including phenoxy) is 1. The van der Waals surface area contributed by atoms with Gasteiger partial charge in [0.1, 0.15) is 5.75 Å². The molecule has 0 amide bonds. The van der Waals surface area contributed by atoms with Crippen molar-refractivity contribution in [3.05, 3.63) is 36.2 Å². The van der Waals surface area contributed by atoms with Gasteiger partial charge in [-0.05, 0) is 55.3 Å². The number of hydrogen-bond donors (Lipinski definition) is 2. The highest BCUT2D eigenvalue weighted by atomic mass is 35.5. The van der Waals surface area contributed by atoms with Crippen LogP contribution in [-0.2, 0) is 5.54 Å². The number of rotatable bonds is 2. The molecule has 1 aliphatic rings. The number of halogens is 1. The second-order valence-electron chi connectivity index (χ2n) is 5.74. The zero-order valence-corrected chi connectivity index (χ0v) is 13.0. The molecule has 0 unspecified atom stereocenters. The predicted molar refractivity (Wildman–Crippen MR) is 87.9 cm³/mol. The van der Waals surface area contributed by atoms with Crippen LogP contribution < -0.4 is 16.2 Å². The molecule has 5 heteroatoms. The molecule has 0 atom stereocenters. The lowest BCUT2D eigenvalue weighted by Crippen LogP contribution is -2.44. The van der Waals surface area contributed by atoms with Gasteiger partial charge in [0.15, 0.2) is 0 Å². The van der Waals surface area contributed by atoms with Crippen molar-refractivity contribution in [3.63, 3.8) is 0 Å². The summed E-state index contributed by atoms with van der Waals surface area (Å²) in [6, 6.07) is 8.32. The van der Waals surface area contributed by atoms with Crippen LogP contribution in [0.4, 0.5) is 0 Å². The second kappa shape index (κ2) is 6.18. The normalized spacial score (nSPS) is 25.4. The molecule has 1 aromatic heterocycles. The topological polar surface area (TPSA) is 74.2 Å². The zero-order chi connectivity index (χ0) is 14.2. The quantitative estimate of drug-likeness (QED) is 0.894. The lowest BCUT2D eigenvalue weighted by molar-refractivity contribution is 0.273. The summed E-state index contributed by atoms with van der Waals surface area (Å²) >= 11 is 0. The molecule has 1 heterocycles. The van der Waals surface area contributed by atoms with Crippen molar-refractivity contribution in [1.82, 2.24) is 4.98 Å². The highest BCUT2D eigenvalue weighted by molar-refractivity contribution is 5.86. The molecule has 0 aliphatic heterocycles. The number of nitrogens with zero attached hydrogens (tertiary/aromatic N) is 1. The largest absolute Gasteiger partial charge is 0.497 e. The monoisotopic (exact) mass is 307 g/mol. The van der Waals surface area contributed by atoms with Crippen molar-refractivity contribution in [3.8, 4) is 5.75 Å². The number of fused-ring (bicyclic) bond motifs is 1. The molecule has 1 aromatic carbocycles. The Hall–Kier alpha value is -1.36. The summed E-state index contributed by atoms with van der Waals surface area (Å²) in [5.41, 5.74) is 13.3. The Morgan fingerprint density at radius 1 is 1.24 bits per heavy atom. The molecule has 4 N–H and O–H groups in total. The number of pyridine rings is 1. The average Bonchev–Trinajstić information content (AvgIpc) is 2.49. The summed E-state index contributed by atoms with van der Waals surface area (Å²) in [7, 11) is 1.68. The fourth-order valence-corrected chi connectivity index (χ4v) is 3.07. The first-order valence-electron chi connectivity index (χ1n) is 7.10. The summed E-state index contributed by atoms with van der Waals surface area (Å²) in [6.07, 6.45) is 5.55. The molecule has 1 fully saturated rings. The van der Waals surface area contributed by atoms with Gasteiger partial charge < -0.3 is 16.2 Å². The molecule has 4 nitrogen and oxygen atoms in total. The SMILES string of the molecule is COc1ccc2c(C3(N)CCC(N)CC3)nccc2c1.Cl. The van der Waals surface area contributed by atoms with E-state index in [4.69, 9.17) is 16.2 Å². The number of nitrogens with two attached hydrogens (primary N) is 2. The van der Waals surface area contributed by atoms with E-state index in [0.29, 0.717) is 0 Å². The standard InChI is InChI=1S/C16H21N3O.ClH/c1-20-13-2-3-14-11(10-13)6-9-19-15(14)16(18)7-4-12(17)5-8-16;/h2-3,6,9-10,12H,4-5,7-8,17-18H2,1H3;1H. The van der Waals surface area contributed by atoms with Crippen molar-refractivity contribution in [2.24, 2.45) is 11.5 Å². The maximum Gasteiger partial charge on any atom is 0.119 e. The molecule has 114 valence electrons. The van der Waals surface area contributed by atoms with E-state index >= 15 is 0 Å². The van der Waals surface area contributed by atoms with Crippen molar-refractivity contribution in [2.45, 2.75) is 37.3 Å². The van der Waals surface area contributed by atoms with E-state index in [1.165, 1.54) is 0 Å². The minimum absolute atomic E-state index is 0. The fourth-order valence-electron chi connectivity index (χ4n) is 3.07. The molecule has 0 saturated heterocycles. The highest BCUT2D eigenvalue weighted by Gasteiger charge is 2.34. The van der Waals surface area contributed by atoms with Crippen LogP contribution in [0.15, 0.2) is 30.5 Å². The summed E-state index contributed by atoms with van der Waals surface area (Å²) in [6.45, 7) is 0. The van der Waals surface area contributed by atoms with Crippen LogP contribution in [0.2, 0.25) is 0 Å². The highest BCUT2D eigenvalue weighted by Crippen LogP contribution is 2.37. The smallest absolute Gasteiger partial charge is 0.119 e. The third-order valence-electron chi connectivity index (χ3n) is 4.37. The molecular weight excluding hydrogens is 286 g/mol. The maximum absolute atomic E-state index is 6.63. The minimum atomic E-state index is -0.357. The van der Waals surface area contributed by atoms with Crippen molar-refractivity contribution < 1.29 is 4.74 Å². The van der Waals surface area contributed by atoms with E-state index in [-0.39, 0.29) is 24.0 Å². The van der Waals surface area contributed by atoms with Gasteiger partial charge in [-0.15, -0.1) is 12.4 Å². The predicted octanol–water partition coefficient (Wildman–Crippen LogP) is 2.72. The maximum atomic E-state index is 6.63. The van der Waals surface area contributed by atoms with Gasteiger partial charge in [-0.3, -0.25) is 4.98 Å². The molecule has 0 spiro atoms. The van der Waals surface area contributed by atoms with Crippen LogP contribution >= 0.6 is 12.4 Å². The molecule has 0 bridgehead atoms. The molecule has 1 saturated carbocycles. The second-order valence-corrected chi connectivity index (χ2v) is 5.74. The fraction of sp³-hybridized carbons (Fsp3) is 0.438. The van der Waals surface area contributed by atoms with Gasteiger partial charge in [0.2, 0.25) is 0 Å². The Bertz CT molecular complexity index is 624. The van der Waals surface area contributed by atoms with Gasteiger partial charge in [0.05, 0.1) is 18.3 Å². The number of aromatic nitrogens is 1. The summed E-state index contributed by atoms with van der Waals surface area (Å²) in [5, 5.41) is 2.24. The van der Waals surface area contributed by atoms with Crippen LogP contribution in [0.1, 0.15) is 31.4 Å². The Morgan fingerprint density at radius 2 is 1.95 bits per heavy atom. The number of methoxy groups -OCH3 is 1. The summed E-state index contributed by atoms with van der Waals surface area (Å²) < 4.78 is 5.28. The third-order valence-corrected chi connectivity index (χ3v) is 4.37. The van der Waals surface area contributed by atoms with Gasteiger partial charge in [0, 0.05) is 17.6 Å². The Kier molecular flexibility index (Phi) is 4.71. The zero-order valence-electron chi connectivity index (χ0n) is 12.2. The van der Waals surface area contributed by atoms with Gasteiger partial charge in [-0.2, -0.15) is 0 Å². The Morgan fingerprint density at radius 3 is 2.62 bits per heavy atom. The van der Waals surface area contributed by atoms with Crippen LogP contribution in [0, 0.1) is 0 Å².